The standard InChI is InChI=1S/C20H21FN2O3/c1-14-13-26-10-9-23(14)20(25)16-5-7-18(8-6-16)22-19(24)12-15-3-2-4-17(21)11-15/h2-8,11,14H,9-10,12-13H2,1H3,(H,22,24). The minimum atomic E-state index is -0.365. The molecule has 5 nitrogen and oxygen atoms in total. The summed E-state index contributed by atoms with van der Waals surface area (Å²) in [5.41, 5.74) is 1.77. The summed E-state index contributed by atoms with van der Waals surface area (Å²) in [6.07, 6.45) is 0.0870. The number of hydrogen-bond donors (Lipinski definition) is 1. The number of morpholine rings is 1. The van der Waals surface area contributed by atoms with Gasteiger partial charge in [-0.1, -0.05) is 12.1 Å². The molecule has 0 bridgehead atoms. The largest absolute Gasteiger partial charge is 0.377 e. The van der Waals surface area contributed by atoms with Gasteiger partial charge in [-0.05, 0) is 48.9 Å². The number of nitrogens with zero attached hydrogens (tertiary/aromatic N) is 1. The molecule has 1 fully saturated rings. The van der Waals surface area contributed by atoms with Crippen LogP contribution in [0.15, 0.2) is 48.5 Å². The molecule has 26 heavy (non-hydrogen) atoms. The summed E-state index contributed by atoms with van der Waals surface area (Å²) in [5, 5.41) is 2.76. The van der Waals surface area contributed by atoms with Gasteiger partial charge in [0.1, 0.15) is 5.82 Å². The monoisotopic (exact) mass is 356 g/mol. The van der Waals surface area contributed by atoms with Crippen molar-refractivity contribution in [2.24, 2.45) is 0 Å². The number of halogens is 1. The van der Waals surface area contributed by atoms with Crippen molar-refractivity contribution in [3.63, 3.8) is 0 Å². The number of carbonyl (C=O) groups excluding carboxylic acids is 2. The Morgan fingerprint density at radius 1 is 1.23 bits per heavy atom. The van der Waals surface area contributed by atoms with E-state index in [4.69, 9.17) is 4.74 Å². The molecular weight excluding hydrogens is 335 g/mol. The molecule has 1 atom stereocenters. The van der Waals surface area contributed by atoms with Gasteiger partial charge in [0.2, 0.25) is 5.91 Å². The summed E-state index contributed by atoms with van der Waals surface area (Å²) in [6, 6.07) is 12.8. The number of amides is 2. The summed E-state index contributed by atoms with van der Waals surface area (Å²) >= 11 is 0. The van der Waals surface area contributed by atoms with Crippen LogP contribution in [-0.4, -0.2) is 42.5 Å². The highest BCUT2D eigenvalue weighted by atomic mass is 19.1. The molecule has 1 aliphatic heterocycles. The first-order valence-corrected chi connectivity index (χ1v) is 8.56. The zero-order chi connectivity index (χ0) is 18.5. The molecule has 2 aromatic rings. The second kappa shape index (κ2) is 8.10. The maximum atomic E-state index is 13.2. The highest BCUT2D eigenvalue weighted by Gasteiger charge is 2.24. The Bertz CT molecular complexity index is 792. The molecule has 1 unspecified atom stereocenters. The fourth-order valence-electron chi connectivity index (χ4n) is 2.93. The third kappa shape index (κ3) is 4.46. The van der Waals surface area contributed by atoms with Crippen LogP contribution in [0.1, 0.15) is 22.8 Å². The molecule has 0 aromatic heterocycles. The van der Waals surface area contributed by atoms with Gasteiger partial charge in [-0.25, -0.2) is 4.39 Å². The van der Waals surface area contributed by atoms with Crippen LogP contribution in [0.4, 0.5) is 10.1 Å². The van der Waals surface area contributed by atoms with E-state index in [1.807, 2.05) is 6.92 Å². The van der Waals surface area contributed by atoms with Crippen LogP contribution in [0.25, 0.3) is 0 Å². The van der Waals surface area contributed by atoms with E-state index in [-0.39, 0.29) is 30.1 Å². The first-order chi connectivity index (χ1) is 12.5. The second-order valence-corrected chi connectivity index (χ2v) is 6.35. The van der Waals surface area contributed by atoms with E-state index >= 15 is 0 Å². The van der Waals surface area contributed by atoms with Gasteiger partial charge >= 0.3 is 0 Å². The van der Waals surface area contributed by atoms with Gasteiger partial charge in [0, 0.05) is 17.8 Å². The molecule has 2 amide bonds. The predicted octanol–water partition coefficient (Wildman–Crippen LogP) is 2.87. The Balaban J connectivity index is 1.60. The topological polar surface area (TPSA) is 58.6 Å². The molecule has 0 radical (unpaired) electrons. The Labute approximate surface area is 151 Å². The molecule has 136 valence electrons. The molecule has 2 aromatic carbocycles. The number of anilines is 1. The number of rotatable bonds is 4. The number of ether oxygens (including phenoxy) is 1. The summed E-state index contributed by atoms with van der Waals surface area (Å²) in [4.78, 5) is 26.4. The molecule has 0 saturated carbocycles. The van der Waals surface area contributed by atoms with Crippen molar-refractivity contribution in [1.29, 1.82) is 0 Å². The van der Waals surface area contributed by atoms with Gasteiger partial charge in [0.15, 0.2) is 0 Å². The van der Waals surface area contributed by atoms with Crippen molar-refractivity contribution in [3.8, 4) is 0 Å². The van der Waals surface area contributed by atoms with Crippen molar-refractivity contribution < 1.29 is 18.7 Å². The van der Waals surface area contributed by atoms with E-state index in [0.717, 1.165) is 0 Å². The molecule has 1 N–H and O–H groups in total. The Morgan fingerprint density at radius 2 is 2.00 bits per heavy atom. The lowest BCUT2D eigenvalue weighted by atomic mass is 10.1. The molecule has 1 heterocycles. The average molecular weight is 356 g/mol. The maximum Gasteiger partial charge on any atom is 0.254 e. The van der Waals surface area contributed by atoms with Gasteiger partial charge in [0.25, 0.3) is 5.91 Å². The highest BCUT2D eigenvalue weighted by Crippen LogP contribution is 2.15. The average Bonchev–Trinajstić information content (AvgIpc) is 2.62. The van der Waals surface area contributed by atoms with Crippen LogP contribution in [0.2, 0.25) is 0 Å². The van der Waals surface area contributed by atoms with Crippen LogP contribution in [0.5, 0.6) is 0 Å². The van der Waals surface area contributed by atoms with Crippen molar-refractivity contribution in [2.75, 3.05) is 25.1 Å². The van der Waals surface area contributed by atoms with E-state index in [0.29, 0.717) is 36.6 Å². The number of hydrogen-bond acceptors (Lipinski definition) is 3. The third-order valence-corrected chi connectivity index (χ3v) is 4.30. The number of nitrogens with one attached hydrogen (secondary N) is 1. The summed E-state index contributed by atoms with van der Waals surface area (Å²) in [7, 11) is 0. The molecule has 1 aliphatic rings. The van der Waals surface area contributed by atoms with E-state index in [2.05, 4.69) is 5.32 Å². The smallest absolute Gasteiger partial charge is 0.254 e. The van der Waals surface area contributed by atoms with Crippen molar-refractivity contribution >= 4 is 17.5 Å². The summed E-state index contributed by atoms with van der Waals surface area (Å²) < 4.78 is 18.5. The third-order valence-electron chi connectivity index (χ3n) is 4.30. The van der Waals surface area contributed by atoms with Gasteiger partial charge < -0.3 is 15.0 Å². The molecule has 0 spiro atoms. The molecule has 3 rings (SSSR count). The zero-order valence-corrected chi connectivity index (χ0v) is 14.6. The fraction of sp³-hybridized carbons (Fsp3) is 0.300. The van der Waals surface area contributed by atoms with E-state index < -0.39 is 0 Å². The lowest BCUT2D eigenvalue weighted by molar-refractivity contribution is -0.115. The first-order valence-electron chi connectivity index (χ1n) is 8.56. The van der Waals surface area contributed by atoms with E-state index in [1.54, 1.807) is 41.3 Å². The van der Waals surface area contributed by atoms with Gasteiger partial charge in [-0.15, -0.1) is 0 Å². The van der Waals surface area contributed by atoms with Crippen LogP contribution < -0.4 is 5.32 Å². The second-order valence-electron chi connectivity index (χ2n) is 6.35. The maximum absolute atomic E-state index is 13.2. The molecular formula is C20H21FN2O3. The predicted molar refractivity (Wildman–Crippen MR) is 96.5 cm³/mol. The van der Waals surface area contributed by atoms with Crippen LogP contribution in [-0.2, 0) is 16.0 Å². The number of benzene rings is 2. The Morgan fingerprint density at radius 3 is 2.69 bits per heavy atom. The molecule has 0 aliphatic carbocycles. The Hall–Kier alpha value is -2.73. The van der Waals surface area contributed by atoms with Gasteiger partial charge in [-0.3, -0.25) is 9.59 Å². The fourth-order valence-corrected chi connectivity index (χ4v) is 2.93. The normalized spacial score (nSPS) is 17.0. The quantitative estimate of drug-likeness (QED) is 0.916. The molecule has 6 heteroatoms. The van der Waals surface area contributed by atoms with Crippen molar-refractivity contribution in [1.82, 2.24) is 4.90 Å². The van der Waals surface area contributed by atoms with Crippen LogP contribution in [0.3, 0.4) is 0 Å². The van der Waals surface area contributed by atoms with Gasteiger partial charge in [-0.2, -0.15) is 0 Å². The SMILES string of the molecule is CC1COCCN1C(=O)c1ccc(NC(=O)Cc2cccc(F)c2)cc1. The van der Waals surface area contributed by atoms with E-state index in [9.17, 15) is 14.0 Å². The summed E-state index contributed by atoms with van der Waals surface area (Å²) in [5.74, 6) is -0.648. The van der Waals surface area contributed by atoms with Crippen molar-refractivity contribution in [2.45, 2.75) is 19.4 Å². The van der Waals surface area contributed by atoms with Gasteiger partial charge in [0.05, 0.1) is 25.7 Å². The minimum Gasteiger partial charge on any atom is -0.377 e. The van der Waals surface area contributed by atoms with Crippen LogP contribution >= 0.6 is 0 Å². The van der Waals surface area contributed by atoms with Crippen LogP contribution in [0, 0.1) is 5.82 Å². The van der Waals surface area contributed by atoms with E-state index in [1.165, 1.54) is 12.1 Å². The summed E-state index contributed by atoms with van der Waals surface area (Å²) in [6.45, 7) is 3.62. The number of carbonyl (C=O) groups is 2. The Kier molecular flexibility index (Phi) is 5.63. The highest BCUT2D eigenvalue weighted by molar-refractivity contribution is 5.96. The minimum absolute atomic E-state index is 0.0431. The van der Waals surface area contributed by atoms with Crippen molar-refractivity contribution in [3.05, 3.63) is 65.5 Å². The lowest BCUT2D eigenvalue weighted by Crippen LogP contribution is -2.47. The molecule has 1 saturated heterocycles. The first kappa shape index (κ1) is 18.1. The zero-order valence-electron chi connectivity index (χ0n) is 14.6. The lowest BCUT2D eigenvalue weighted by Gasteiger charge is -2.33.